The summed E-state index contributed by atoms with van der Waals surface area (Å²) >= 11 is 0. The fourth-order valence-corrected chi connectivity index (χ4v) is 3.82. The number of anilines is 1. The topological polar surface area (TPSA) is 98.9 Å². The number of benzene rings is 1. The van der Waals surface area contributed by atoms with E-state index in [9.17, 15) is 13.2 Å². The number of carbonyl (C=O) groups is 1. The van der Waals surface area contributed by atoms with Crippen molar-refractivity contribution >= 4 is 21.7 Å². The Bertz CT molecular complexity index is 644. The van der Waals surface area contributed by atoms with E-state index < -0.39 is 15.9 Å². The van der Waals surface area contributed by atoms with Crippen LogP contribution in [0.5, 0.6) is 5.75 Å². The van der Waals surface area contributed by atoms with E-state index in [2.05, 4.69) is 4.74 Å². The van der Waals surface area contributed by atoms with Crippen LogP contribution in [0, 0.1) is 5.92 Å². The highest BCUT2D eigenvalue weighted by Crippen LogP contribution is 2.29. The molecule has 1 aliphatic heterocycles. The Labute approximate surface area is 123 Å². The lowest BCUT2D eigenvalue weighted by molar-refractivity contribution is -0.144. The molecule has 0 spiro atoms. The second kappa shape index (κ2) is 5.90. The molecule has 0 bridgehead atoms. The van der Waals surface area contributed by atoms with Gasteiger partial charge in [0.1, 0.15) is 5.75 Å². The van der Waals surface area contributed by atoms with E-state index >= 15 is 0 Å². The molecular weight excluding hydrogens is 296 g/mol. The molecule has 2 rings (SSSR count). The van der Waals surface area contributed by atoms with Gasteiger partial charge in [0.25, 0.3) is 0 Å². The van der Waals surface area contributed by atoms with E-state index in [1.54, 1.807) is 0 Å². The fraction of sp³-hybridized carbons (Fsp3) is 0.462. The number of hydrogen-bond donors (Lipinski definition) is 1. The fourth-order valence-electron chi connectivity index (χ4n) is 2.31. The van der Waals surface area contributed by atoms with Crippen LogP contribution in [0.25, 0.3) is 0 Å². The standard InChI is InChI=1S/C13H18N2O5S/c1-19-12-7-10(3-4-11(12)14)21(17,18)15-6-5-9(8-15)13(16)20-2/h3-4,7,9H,5-6,8,14H2,1-2H3. The van der Waals surface area contributed by atoms with Crippen LogP contribution in [-0.4, -0.2) is 46.0 Å². The minimum Gasteiger partial charge on any atom is -0.495 e. The molecule has 0 amide bonds. The largest absolute Gasteiger partial charge is 0.495 e. The maximum absolute atomic E-state index is 12.5. The molecule has 0 saturated carbocycles. The summed E-state index contributed by atoms with van der Waals surface area (Å²) in [6.45, 7) is 0.413. The lowest BCUT2D eigenvalue weighted by atomic mass is 10.1. The predicted octanol–water partition coefficient (Wildman–Crippen LogP) is 0.461. The van der Waals surface area contributed by atoms with Gasteiger partial charge in [0.15, 0.2) is 0 Å². The van der Waals surface area contributed by atoms with Crippen molar-refractivity contribution in [2.45, 2.75) is 11.3 Å². The first kappa shape index (κ1) is 15.6. The summed E-state index contributed by atoms with van der Waals surface area (Å²) in [4.78, 5) is 11.6. The van der Waals surface area contributed by atoms with E-state index in [-0.39, 0.29) is 24.0 Å². The molecule has 0 aliphatic carbocycles. The Morgan fingerprint density at radius 2 is 2.10 bits per heavy atom. The molecule has 1 unspecified atom stereocenters. The van der Waals surface area contributed by atoms with Crippen LogP contribution in [0.15, 0.2) is 23.1 Å². The third-order valence-corrected chi connectivity index (χ3v) is 5.39. The van der Waals surface area contributed by atoms with Crippen LogP contribution in [0.1, 0.15) is 6.42 Å². The van der Waals surface area contributed by atoms with Gasteiger partial charge in [-0.2, -0.15) is 4.31 Å². The van der Waals surface area contributed by atoms with Crippen molar-refractivity contribution < 1.29 is 22.7 Å². The highest BCUT2D eigenvalue weighted by Gasteiger charge is 2.36. The summed E-state index contributed by atoms with van der Waals surface area (Å²) in [5.74, 6) is -0.497. The van der Waals surface area contributed by atoms with E-state index in [1.807, 2.05) is 0 Å². The number of nitrogens with two attached hydrogens (primary N) is 1. The van der Waals surface area contributed by atoms with Gasteiger partial charge in [0.05, 0.1) is 30.7 Å². The molecule has 1 atom stereocenters. The van der Waals surface area contributed by atoms with Gasteiger partial charge in [-0.1, -0.05) is 0 Å². The quantitative estimate of drug-likeness (QED) is 0.640. The van der Waals surface area contributed by atoms with Crippen molar-refractivity contribution in [3.8, 4) is 5.75 Å². The van der Waals surface area contributed by atoms with Crippen molar-refractivity contribution in [3.63, 3.8) is 0 Å². The minimum atomic E-state index is -3.67. The summed E-state index contributed by atoms with van der Waals surface area (Å²) in [5.41, 5.74) is 6.05. The second-order valence-electron chi connectivity index (χ2n) is 4.78. The molecule has 1 aliphatic rings. The molecular formula is C13H18N2O5S. The normalized spacial score (nSPS) is 19.4. The van der Waals surface area contributed by atoms with E-state index in [0.717, 1.165) is 0 Å². The Balaban J connectivity index is 2.25. The van der Waals surface area contributed by atoms with Gasteiger partial charge in [0, 0.05) is 19.2 Å². The smallest absolute Gasteiger partial charge is 0.310 e. The van der Waals surface area contributed by atoms with E-state index in [1.165, 1.54) is 36.7 Å². The first-order valence-corrected chi connectivity index (χ1v) is 7.85. The van der Waals surface area contributed by atoms with Crippen molar-refractivity contribution in [3.05, 3.63) is 18.2 Å². The SMILES string of the molecule is COC(=O)C1CCN(S(=O)(=O)c2ccc(N)c(OC)c2)C1. The first-order chi connectivity index (χ1) is 9.90. The number of methoxy groups -OCH3 is 2. The molecule has 116 valence electrons. The number of rotatable bonds is 4. The Kier molecular flexibility index (Phi) is 4.38. The summed E-state index contributed by atoms with van der Waals surface area (Å²) in [5, 5.41) is 0. The van der Waals surface area contributed by atoms with Gasteiger partial charge in [-0.15, -0.1) is 0 Å². The van der Waals surface area contributed by atoms with Crippen molar-refractivity contribution in [2.75, 3.05) is 33.0 Å². The number of hydrogen-bond acceptors (Lipinski definition) is 6. The van der Waals surface area contributed by atoms with Gasteiger partial charge in [-0.3, -0.25) is 4.79 Å². The lowest BCUT2D eigenvalue weighted by Gasteiger charge is -2.17. The van der Waals surface area contributed by atoms with Gasteiger partial charge >= 0.3 is 5.97 Å². The van der Waals surface area contributed by atoms with Crippen molar-refractivity contribution in [1.82, 2.24) is 4.31 Å². The van der Waals surface area contributed by atoms with Crippen LogP contribution < -0.4 is 10.5 Å². The Hall–Kier alpha value is -1.80. The summed E-state index contributed by atoms with van der Waals surface area (Å²) in [6.07, 6.45) is 0.456. The second-order valence-corrected chi connectivity index (χ2v) is 6.71. The minimum absolute atomic E-state index is 0.0964. The zero-order chi connectivity index (χ0) is 15.6. The maximum Gasteiger partial charge on any atom is 0.310 e. The molecule has 2 N–H and O–H groups in total. The molecule has 1 heterocycles. The average molecular weight is 314 g/mol. The van der Waals surface area contributed by atoms with Gasteiger partial charge in [-0.25, -0.2) is 8.42 Å². The molecule has 1 fully saturated rings. The van der Waals surface area contributed by atoms with Gasteiger partial charge in [-0.05, 0) is 18.6 Å². The van der Waals surface area contributed by atoms with E-state index in [0.29, 0.717) is 17.9 Å². The number of esters is 1. The Morgan fingerprint density at radius 3 is 2.71 bits per heavy atom. The number of sulfonamides is 1. The van der Waals surface area contributed by atoms with Crippen LogP contribution in [0.3, 0.4) is 0 Å². The third kappa shape index (κ3) is 2.96. The summed E-state index contributed by atoms with van der Waals surface area (Å²) < 4.78 is 36.1. The molecule has 0 radical (unpaired) electrons. The van der Waals surface area contributed by atoms with Gasteiger partial charge < -0.3 is 15.2 Å². The maximum atomic E-state index is 12.5. The number of nitrogen functional groups attached to an aromatic ring is 1. The zero-order valence-corrected chi connectivity index (χ0v) is 12.7. The number of ether oxygens (including phenoxy) is 2. The van der Waals surface area contributed by atoms with Crippen molar-refractivity contribution in [2.24, 2.45) is 5.92 Å². The molecule has 7 nitrogen and oxygen atoms in total. The molecule has 21 heavy (non-hydrogen) atoms. The number of nitrogens with zero attached hydrogens (tertiary/aromatic N) is 1. The third-order valence-electron chi connectivity index (χ3n) is 3.53. The predicted molar refractivity (Wildman–Crippen MR) is 76.3 cm³/mol. The summed E-state index contributed by atoms with van der Waals surface area (Å²) in [6, 6.07) is 4.30. The van der Waals surface area contributed by atoms with Crippen LogP contribution >= 0.6 is 0 Å². The van der Waals surface area contributed by atoms with E-state index in [4.69, 9.17) is 10.5 Å². The van der Waals surface area contributed by atoms with Crippen LogP contribution in [0.4, 0.5) is 5.69 Å². The summed E-state index contributed by atoms with van der Waals surface area (Å²) in [7, 11) is -0.955. The van der Waals surface area contributed by atoms with Crippen LogP contribution in [0.2, 0.25) is 0 Å². The highest BCUT2D eigenvalue weighted by molar-refractivity contribution is 7.89. The van der Waals surface area contributed by atoms with Crippen LogP contribution in [-0.2, 0) is 19.6 Å². The number of carbonyl (C=O) groups excluding carboxylic acids is 1. The first-order valence-electron chi connectivity index (χ1n) is 6.41. The van der Waals surface area contributed by atoms with Crippen molar-refractivity contribution in [1.29, 1.82) is 0 Å². The lowest BCUT2D eigenvalue weighted by Crippen LogP contribution is -2.30. The average Bonchev–Trinajstić information content (AvgIpc) is 2.97. The molecule has 1 saturated heterocycles. The molecule has 1 aromatic rings. The monoisotopic (exact) mass is 314 g/mol. The highest BCUT2D eigenvalue weighted by atomic mass is 32.2. The molecule has 0 aromatic heterocycles. The Morgan fingerprint density at radius 1 is 1.38 bits per heavy atom. The molecule has 8 heteroatoms. The zero-order valence-electron chi connectivity index (χ0n) is 11.9. The van der Waals surface area contributed by atoms with Gasteiger partial charge in [0.2, 0.25) is 10.0 Å². The molecule has 1 aromatic carbocycles.